The zero-order chi connectivity index (χ0) is 22.3. The van der Waals surface area contributed by atoms with Crippen molar-refractivity contribution in [3.8, 4) is 5.69 Å². The van der Waals surface area contributed by atoms with Gasteiger partial charge in [0, 0.05) is 22.6 Å². The van der Waals surface area contributed by atoms with Gasteiger partial charge < -0.3 is 4.57 Å². The number of amides is 2. The van der Waals surface area contributed by atoms with Gasteiger partial charge in [-0.3, -0.25) is 24.8 Å². The minimum absolute atomic E-state index is 0.000544. The summed E-state index contributed by atoms with van der Waals surface area (Å²) < 4.78 is 2.02. The minimum atomic E-state index is -0.530. The summed E-state index contributed by atoms with van der Waals surface area (Å²) in [5, 5.41) is 3.15. The topological polar surface area (TPSA) is 67.2 Å². The van der Waals surface area contributed by atoms with Crippen LogP contribution in [-0.4, -0.2) is 26.5 Å². The number of nitrogens with one attached hydrogen (secondary N) is 1. The van der Waals surface area contributed by atoms with Gasteiger partial charge >= 0.3 is 0 Å². The molecule has 3 aromatic rings. The Morgan fingerprint density at radius 1 is 1.13 bits per heavy atom. The van der Waals surface area contributed by atoms with Crippen LogP contribution in [0.15, 0.2) is 54.4 Å². The summed E-state index contributed by atoms with van der Waals surface area (Å²) in [6.45, 7) is 5.69. The fraction of sp³-hybridized carbons (Fsp3) is 0.130. The molecule has 2 amide bonds. The molecule has 1 N–H and O–H groups in total. The Morgan fingerprint density at radius 3 is 2.61 bits per heavy atom. The molecule has 6 nitrogen and oxygen atoms in total. The molecule has 0 radical (unpaired) electrons. The molecule has 1 fully saturated rings. The highest BCUT2D eigenvalue weighted by Gasteiger charge is 2.35. The minimum Gasteiger partial charge on any atom is -0.316 e. The lowest BCUT2D eigenvalue weighted by Crippen LogP contribution is -2.54. The van der Waals surface area contributed by atoms with Gasteiger partial charge in [0.25, 0.3) is 11.8 Å². The standard InChI is InChI=1S/C23H19ClN4O2S/c1-13-10-16(15(3)27(13)17-6-5-9-25-12-17)11-18-21(29)26-23(31)28(22(18)30)20-8-4-7-19(24)14(20)2/h4-12H,1-3H3,(H,26,29,31)/b18-11+. The molecule has 0 saturated carbocycles. The first-order valence-corrected chi connectivity index (χ1v) is 10.3. The van der Waals surface area contributed by atoms with Crippen LogP contribution >= 0.6 is 23.8 Å². The quantitative estimate of drug-likeness (QED) is 0.367. The molecule has 31 heavy (non-hydrogen) atoms. The van der Waals surface area contributed by atoms with E-state index in [9.17, 15) is 9.59 Å². The molecule has 2 aromatic heterocycles. The third-order valence-electron chi connectivity index (χ3n) is 5.26. The fourth-order valence-corrected chi connectivity index (χ4v) is 4.13. The Morgan fingerprint density at radius 2 is 1.90 bits per heavy atom. The number of anilines is 1. The molecule has 0 spiro atoms. The van der Waals surface area contributed by atoms with Crippen LogP contribution in [0, 0.1) is 20.8 Å². The van der Waals surface area contributed by atoms with Crippen molar-refractivity contribution in [3.05, 3.63) is 81.9 Å². The lowest BCUT2D eigenvalue weighted by Gasteiger charge is -2.30. The van der Waals surface area contributed by atoms with Crippen LogP contribution in [-0.2, 0) is 9.59 Å². The van der Waals surface area contributed by atoms with Gasteiger partial charge in [0.15, 0.2) is 5.11 Å². The van der Waals surface area contributed by atoms with E-state index in [2.05, 4.69) is 10.3 Å². The van der Waals surface area contributed by atoms with Crippen LogP contribution in [0.3, 0.4) is 0 Å². The first-order valence-electron chi connectivity index (χ1n) is 9.55. The normalized spacial score (nSPS) is 15.5. The number of carbonyl (C=O) groups excluding carboxylic acids is 2. The zero-order valence-electron chi connectivity index (χ0n) is 17.1. The highest BCUT2D eigenvalue weighted by Crippen LogP contribution is 2.30. The van der Waals surface area contributed by atoms with Crippen molar-refractivity contribution >= 4 is 52.5 Å². The zero-order valence-corrected chi connectivity index (χ0v) is 18.7. The number of aryl methyl sites for hydroxylation is 1. The van der Waals surface area contributed by atoms with E-state index in [1.165, 1.54) is 4.90 Å². The number of halogens is 1. The molecule has 156 valence electrons. The van der Waals surface area contributed by atoms with Gasteiger partial charge in [-0.05, 0) is 80.5 Å². The fourth-order valence-electron chi connectivity index (χ4n) is 3.69. The average Bonchev–Trinajstić information content (AvgIpc) is 3.02. The average molecular weight is 451 g/mol. The summed E-state index contributed by atoms with van der Waals surface area (Å²) in [6.07, 6.45) is 5.07. The number of rotatable bonds is 3. The van der Waals surface area contributed by atoms with Crippen LogP contribution in [0.1, 0.15) is 22.5 Å². The molecule has 1 saturated heterocycles. The van der Waals surface area contributed by atoms with Gasteiger partial charge in [-0.25, -0.2) is 0 Å². The van der Waals surface area contributed by atoms with E-state index in [4.69, 9.17) is 23.8 Å². The number of pyridine rings is 1. The van der Waals surface area contributed by atoms with Gasteiger partial charge in [-0.15, -0.1) is 0 Å². The second-order valence-corrected chi connectivity index (χ2v) is 8.01. The van der Waals surface area contributed by atoms with Crippen LogP contribution in [0.5, 0.6) is 0 Å². The highest BCUT2D eigenvalue weighted by molar-refractivity contribution is 7.80. The third-order valence-corrected chi connectivity index (χ3v) is 5.95. The molecule has 8 heteroatoms. The van der Waals surface area contributed by atoms with E-state index in [-0.39, 0.29) is 10.7 Å². The summed E-state index contributed by atoms with van der Waals surface area (Å²) in [4.78, 5) is 31.5. The van der Waals surface area contributed by atoms with Crippen molar-refractivity contribution in [1.82, 2.24) is 14.9 Å². The lowest BCUT2D eigenvalue weighted by atomic mass is 10.1. The molecule has 3 heterocycles. The number of carbonyl (C=O) groups is 2. The first-order chi connectivity index (χ1) is 14.8. The van der Waals surface area contributed by atoms with Crippen molar-refractivity contribution in [2.75, 3.05) is 4.90 Å². The number of hydrogen-bond donors (Lipinski definition) is 1. The SMILES string of the molecule is Cc1c(Cl)cccc1N1C(=O)/C(=C/c2cc(C)n(-c3cccnc3)c2C)C(=O)NC1=S. The third kappa shape index (κ3) is 3.66. The molecule has 1 aliphatic heterocycles. The molecule has 4 rings (SSSR count). The maximum absolute atomic E-state index is 13.3. The van der Waals surface area contributed by atoms with Crippen LogP contribution in [0.2, 0.25) is 5.02 Å². The van der Waals surface area contributed by atoms with Gasteiger partial charge in [-0.2, -0.15) is 0 Å². The van der Waals surface area contributed by atoms with Crippen molar-refractivity contribution in [3.63, 3.8) is 0 Å². The Hall–Kier alpha value is -3.29. The van der Waals surface area contributed by atoms with Gasteiger partial charge in [0.05, 0.1) is 17.6 Å². The summed E-state index contributed by atoms with van der Waals surface area (Å²) in [6, 6.07) is 11.0. The molecule has 0 aliphatic carbocycles. The Labute approximate surface area is 190 Å². The van der Waals surface area contributed by atoms with E-state index < -0.39 is 11.8 Å². The first kappa shape index (κ1) is 21.0. The van der Waals surface area contributed by atoms with Crippen molar-refractivity contribution in [2.45, 2.75) is 20.8 Å². The highest BCUT2D eigenvalue weighted by atomic mass is 35.5. The smallest absolute Gasteiger partial charge is 0.270 e. The Bertz CT molecular complexity index is 1260. The number of hydrogen-bond acceptors (Lipinski definition) is 4. The summed E-state index contributed by atoms with van der Waals surface area (Å²) in [5.41, 5.74) is 4.74. The monoisotopic (exact) mass is 450 g/mol. The van der Waals surface area contributed by atoms with Gasteiger partial charge in [0.1, 0.15) is 5.57 Å². The maximum Gasteiger partial charge on any atom is 0.270 e. The second-order valence-electron chi connectivity index (χ2n) is 7.21. The lowest BCUT2D eigenvalue weighted by molar-refractivity contribution is -0.122. The Kier molecular flexibility index (Phi) is 5.47. The molecule has 0 unspecified atom stereocenters. The molecule has 0 bridgehead atoms. The van der Waals surface area contributed by atoms with E-state index in [1.807, 2.05) is 36.6 Å². The summed E-state index contributed by atoms with van der Waals surface area (Å²) in [7, 11) is 0. The molecule has 1 aromatic carbocycles. The number of thiocarbonyl (C=S) groups is 1. The van der Waals surface area contributed by atoms with Crippen LogP contribution in [0.4, 0.5) is 5.69 Å². The molecule has 1 aliphatic rings. The van der Waals surface area contributed by atoms with Crippen molar-refractivity contribution in [2.24, 2.45) is 0 Å². The van der Waals surface area contributed by atoms with Gasteiger partial charge in [-0.1, -0.05) is 17.7 Å². The number of aromatic nitrogens is 2. The second kappa shape index (κ2) is 8.09. The predicted octanol–water partition coefficient (Wildman–Crippen LogP) is 4.28. The van der Waals surface area contributed by atoms with E-state index in [0.29, 0.717) is 16.3 Å². The van der Waals surface area contributed by atoms with Crippen molar-refractivity contribution < 1.29 is 9.59 Å². The van der Waals surface area contributed by atoms with E-state index in [1.54, 1.807) is 43.6 Å². The predicted molar refractivity (Wildman–Crippen MR) is 125 cm³/mol. The molecular weight excluding hydrogens is 432 g/mol. The van der Waals surface area contributed by atoms with Crippen LogP contribution < -0.4 is 10.2 Å². The van der Waals surface area contributed by atoms with E-state index in [0.717, 1.165) is 22.6 Å². The molecule has 0 atom stereocenters. The largest absolute Gasteiger partial charge is 0.316 e. The maximum atomic E-state index is 13.3. The number of nitrogens with zero attached hydrogens (tertiary/aromatic N) is 3. The number of benzene rings is 1. The van der Waals surface area contributed by atoms with Crippen molar-refractivity contribution in [1.29, 1.82) is 0 Å². The summed E-state index contributed by atoms with van der Waals surface area (Å²) in [5.74, 6) is -1.03. The van der Waals surface area contributed by atoms with Gasteiger partial charge in [0.2, 0.25) is 0 Å². The molecular formula is C23H19ClN4O2S. The van der Waals surface area contributed by atoms with E-state index >= 15 is 0 Å². The van der Waals surface area contributed by atoms with Crippen LogP contribution in [0.25, 0.3) is 11.8 Å². The Balaban J connectivity index is 1.79. The summed E-state index contributed by atoms with van der Waals surface area (Å²) >= 11 is 11.5.